The van der Waals surface area contributed by atoms with Crippen LogP contribution in [0.4, 0.5) is 0 Å². The molecule has 7 heteroatoms. The zero-order valence-corrected chi connectivity index (χ0v) is 15.2. The maximum Gasteiger partial charge on any atom is 0.0701 e. The van der Waals surface area contributed by atoms with Gasteiger partial charge >= 0.3 is 0 Å². The van der Waals surface area contributed by atoms with Gasteiger partial charge in [0.05, 0.1) is 33.0 Å². The van der Waals surface area contributed by atoms with E-state index >= 15 is 0 Å². The van der Waals surface area contributed by atoms with Gasteiger partial charge in [0.2, 0.25) is 0 Å². The van der Waals surface area contributed by atoms with E-state index in [9.17, 15) is 0 Å². The van der Waals surface area contributed by atoms with Gasteiger partial charge in [-0.2, -0.15) is 0 Å². The molecule has 0 unspecified atom stereocenters. The molecule has 0 spiro atoms. The first-order chi connectivity index (χ1) is 9.31. The fourth-order valence-electron chi connectivity index (χ4n) is 1.11. The van der Waals surface area contributed by atoms with E-state index in [-0.39, 0.29) is 21.1 Å². The fourth-order valence-corrected chi connectivity index (χ4v) is 1.11. The van der Waals surface area contributed by atoms with Crippen LogP contribution in [-0.2, 0) is 35.3 Å². The summed E-state index contributed by atoms with van der Waals surface area (Å²) in [5, 5.41) is 3.37. The number of hydrazone groups is 1. The first-order valence-electron chi connectivity index (χ1n) is 6.64. The van der Waals surface area contributed by atoms with Gasteiger partial charge in [0, 0.05) is 34.2 Å². The minimum atomic E-state index is 0. The van der Waals surface area contributed by atoms with Crippen LogP contribution in [0.5, 0.6) is 0 Å². The molecule has 0 radical (unpaired) electrons. The van der Waals surface area contributed by atoms with Crippen LogP contribution in [-0.4, -0.2) is 58.1 Å². The van der Waals surface area contributed by atoms with E-state index in [0.29, 0.717) is 45.3 Å². The van der Waals surface area contributed by atoms with Gasteiger partial charge < -0.3 is 25.0 Å². The van der Waals surface area contributed by atoms with Gasteiger partial charge in [0.15, 0.2) is 0 Å². The molecular formula is C13H26N3O3W-. The Morgan fingerprint density at radius 3 is 2.15 bits per heavy atom. The predicted molar refractivity (Wildman–Crippen MR) is 77.7 cm³/mol. The van der Waals surface area contributed by atoms with E-state index in [0.717, 1.165) is 19.4 Å². The molecule has 0 aromatic heterocycles. The van der Waals surface area contributed by atoms with Gasteiger partial charge in [0.25, 0.3) is 0 Å². The van der Waals surface area contributed by atoms with Crippen molar-refractivity contribution < 1.29 is 35.3 Å². The first kappa shape index (κ1) is 21.9. The molecule has 0 atom stereocenters. The SMILES string of the molecule is [CH2-]/C(C=NCCOCCOCCOCCCC)=N/N.[W]. The van der Waals surface area contributed by atoms with Gasteiger partial charge in [-0.1, -0.05) is 19.1 Å². The number of hydrogen-bond donors (Lipinski definition) is 1. The number of unbranched alkanes of at least 4 members (excludes halogenated alkanes) is 1. The Morgan fingerprint density at radius 2 is 1.60 bits per heavy atom. The normalized spacial score (nSPS) is 11.8. The Hall–Kier alpha value is -0.422. The van der Waals surface area contributed by atoms with Gasteiger partial charge in [0.1, 0.15) is 0 Å². The van der Waals surface area contributed by atoms with Crippen molar-refractivity contribution in [2.75, 3.05) is 46.2 Å². The second-order valence-electron chi connectivity index (χ2n) is 3.85. The largest absolute Gasteiger partial charge is 0.382 e. The van der Waals surface area contributed by atoms with Gasteiger partial charge in [-0.15, -0.1) is 6.21 Å². The third kappa shape index (κ3) is 17.6. The minimum absolute atomic E-state index is 0. The number of ether oxygens (including phenoxy) is 3. The van der Waals surface area contributed by atoms with E-state index in [1.54, 1.807) is 0 Å². The molecule has 0 heterocycles. The maximum absolute atomic E-state index is 5.35. The van der Waals surface area contributed by atoms with Crippen LogP contribution >= 0.6 is 0 Å². The summed E-state index contributed by atoms with van der Waals surface area (Å²) in [6.45, 7) is 10.0. The molecule has 0 aromatic carbocycles. The number of aliphatic imine (C=N–C) groups is 1. The molecule has 0 fully saturated rings. The molecular weight excluding hydrogens is 430 g/mol. The zero-order chi connectivity index (χ0) is 14.2. The Morgan fingerprint density at radius 1 is 1.05 bits per heavy atom. The Kier molecular flexibility index (Phi) is 20.3. The summed E-state index contributed by atoms with van der Waals surface area (Å²) in [7, 11) is 0. The molecule has 20 heavy (non-hydrogen) atoms. The molecule has 0 amide bonds. The summed E-state index contributed by atoms with van der Waals surface area (Å²) in [5.41, 5.74) is 0.450. The second-order valence-corrected chi connectivity index (χ2v) is 3.85. The van der Waals surface area contributed by atoms with Gasteiger partial charge in [-0.3, -0.25) is 0 Å². The van der Waals surface area contributed by atoms with E-state index < -0.39 is 0 Å². The number of hydrogen-bond acceptors (Lipinski definition) is 6. The maximum atomic E-state index is 5.35. The zero-order valence-electron chi connectivity index (χ0n) is 12.3. The van der Waals surface area contributed by atoms with Crippen molar-refractivity contribution in [2.45, 2.75) is 19.8 Å². The van der Waals surface area contributed by atoms with Crippen molar-refractivity contribution in [3.8, 4) is 0 Å². The van der Waals surface area contributed by atoms with E-state index in [1.165, 1.54) is 6.21 Å². The standard InChI is InChI=1S/C13H26N3O3.W/c1-3-4-6-17-8-10-19-11-9-18-7-5-15-12-13(2)16-14;/h12H,2-11,14H2,1H3;/q-1;/b15-12?,16-13-;. The third-order valence-electron chi connectivity index (χ3n) is 2.16. The fraction of sp³-hybridized carbons (Fsp3) is 0.769. The average Bonchev–Trinajstić information content (AvgIpc) is 2.43. The molecule has 0 saturated heterocycles. The predicted octanol–water partition coefficient (Wildman–Crippen LogP) is 1.05. The summed E-state index contributed by atoms with van der Waals surface area (Å²) < 4.78 is 16.0. The van der Waals surface area contributed by atoms with Crippen molar-refractivity contribution >= 4 is 11.9 Å². The summed E-state index contributed by atoms with van der Waals surface area (Å²) in [5.74, 6) is 5.00. The molecule has 0 rings (SSSR count). The van der Waals surface area contributed by atoms with Crippen LogP contribution in [0.1, 0.15) is 19.8 Å². The van der Waals surface area contributed by atoms with Crippen LogP contribution < -0.4 is 5.84 Å². The smallest absolute Gasteiger partial charge is 0.0701 e. The molecule has 6 nitrogen and oxygen atoms in total. The van der Waals surface area contributed by atoms with Crippen LogP contribution in [0.3, 0.4) is 0 Å². The second kappa shape index (κ2) is 18.6. The number of nitrogens with two attached hydrogens (primary N) is 1. The molecule has 0 bridgehead atoms. The average molecular weight is 456 g/mol. The topological polar surface area (TPSA) is 78.4 Å². The molecule has 0 aromatic rings. The van der Waals surface area contributed by atoms with E-state index in [1.807, 2.05) is 0 Å². The third-order valence-corrected chi connectivity index (χ3v) is 2.16. The number of rotatable bonds is 13. The van der Waals surface area contributed by atoms with Crippen LogP contribution in [0.15, 0.2) is 10.1 Å². The van der Waals surface area contributed by atoms with Crippen molar-refractivity contribution in [3.05, 3.63) is 6.92 Å². The quantitative estimate of drug-likeness (QED) is 0.148. The number of nitrogens with zero attached hydrogens (tertiary/aromatic N) is 2. The van der Waals surface area contributed by atoms with Crippen molar-refractivity contribution in [3.63, 3.8) is 0 Å². The molecule has 0 aliphatic heterocycles. The molecule has 0 saturated carbocycles. The van der Waals surface area contributed by atoms with Crippen molar-refractivity contribution in [2.24, 2.45) is 15.9 Å². The minimum Gasteiger partial charge on any atom is -0.382 e. The van der Waals surface area contributed by atoms with Gasteiger partial charge in [-0.25, -0.2) is 12.0 Å². The van der Waals surface area contributed by atoms with E-state index in [2.05, 4.69) is 23.9 Å². The summed E-state index contributed by atoms with van der Waals surface area (Å²) in [6, 6.07) is 0. The van der Waals surface area contributed by atoms with Gasteiger partial charge in [-0.05, 0) is 6.42 Å². The first-order valence-corrected chi connectivity index (χ1v) is 6.64. The monoisotopic (exact) mass is 456 g/mol. The summed E-state index contributed by atoms with van der Waals surface area (Å²) in [6.07, 6.45) is 3.78. The Labute approximate surface area is 136 Å². The Balaban J connectivity index is 0. The molecule has 0 aliphatic rings. The van der Waals surface area contributed by atoms with Crippen LogP contribution in [0.25, 0.3) is 0 Å². The van der Waals surface area contributed by atoms with Crippen molar-refractivity contribution in [1.29, 1.82) is 0 Å². The molecule has 118 valence electrons. The van der Waals surface area contributed by atoms with Crippen LogP contribution in [0, 0.1) is 6.92 Å². The molecule has 0 aliphatic carbocycles. The molecule has 2 N–H and O–H groups in total. The summed E-state index contributed by atoms with van der Waals surface area (Å²) >= 11 is 0. The van der Waals surface area contributed by atoms with E-state index in [4.69, 9.17) is 20.1 Å². The van der Waals surface area contributed by atoms with Crippen molar-refractivity contribution in [1.82, 2.24) is 0 Å². The Bertz CT molecular complexity index is 251. The summed E-state index contributed by atoms with van der Waals surface area (Å²) in [4.78, 5) is 4.03. The van der Waals surface area contributed by atoms with Crippen LogP contribution in [0.2, 0.25) is 0 Å².